The Bertz CT molecular complexity index is 2490. The first-order valence-corrected chi connectivity index (χ1v) is 136. The largest absolute Gasteiger partial charge is 0.439 e. The molecule has 0 rings (SSSR count). The SMILES string of the molecule is C[SiH](O[SiH](C)O[SiH](C)O[SiH](C)O[SiH](C)O[SiH](C)O[SiH](C)O[SiH](C)O[SiH](C)O[SiH](C)O[SiH](C)O[SiH](C)O[SiH](C)O[SiH](C)O[SiH](C)O[SiH](C)O[SiH](C)O[SiH](C)O[SiH](C)O[SiH](C)O[SiH](C)O[Si](C)(C)C)O[SiH](C)O[SiH](C)O[SiH](C)O[SiH](C)O[SiH](C)O[SiH](C)O[SiH](C)O[SiH](C)O[SiH](C)O[SiH](C)O[SiH](C)O[SiH](C)O[SiH](C)O[SiH](C)O[SiH](C)O[SiH](C)O[SiH](C)O[SiH](C)O[SiH](C)O[Si](C)(C)C. The monoisotopic (exact) mass is 2560 g/mol. The smallest absolute Gasteiger partial charge is 0.300 e. The summed E-state index contributed by atoms with van der Waals surface area (Å²) >= 11 is 0. The fourth-order valence-corrected chi connectivity index (χ4v) is 138. The quantitative estimate of drug-likeness (QED) is 0.0561. The van der Waals surface area contributed by atoms with Crippen molar-refractivity contribution in [3.8, 4) is 0 Å². The normalized spacial score (nSPS) is 22.4. The maximum atomic E-state index is 6.35. The average Bonchev–Trinajstić information content (AvgIpc) is 0.933. The molecule has 0 radical (unpaired) electrons. The van der Waals surface area contributed by atoms with E-state index in [4.69, 9.17) is 169 Å². The van der Waals surface area contributed by atoms with Gasteiger partial charge in [-0.25, -0.2) is 0 Å². The van der Waals surface area contributed by atoms with E-state index in [-0.39, 0.29) is 0 Å². The molecule has 0 aromatic carbocycles. The Morgan fingerprint density at radius 3 is 0.155 bits per heavy atom. The summed E-state index contributed by atoms with van der Waals surface area (Å²) in [7, 11) is -83.6. The summed E-state index contributed by atoms with van der Waals surface area (Å²) in [4.78, 5) is 0. The van der Waals surface area contributed by atoms with E-state index in [1.54, 1.807) is 0 Å². The lowest BCUT2D eigenvalue weighted by Crippen LogP contribution is -2.44. The molecule has 0 bridgehead atoms. The molecule has 129 heavy (non-hydrogen) atoms. The molecule has 0 saturated heterocycles. The molecular formula is C46H178O41Si42. The molecular weight excluding hydrogens is 2390 g/mol. The summed E-state index contributed by atoms with van der Waals surface area (Å²) < 4.78 is 258. The summed E-state index contributed by atoms with van der Waals surface area (Å²) in [6.07, 6.45) is 0. The van der Waals surface area contributed by atoms with Crippen molar-refractivity contribution in [3.05, 3.63) is 0 Å². The van der Waals surface area contributed by atoms with Gasteiger partial charge in [-0.3, -0.25) is 0 Å². The van der Waals surface area contributed by atoms with Crippen molar-refractivity contribution in [2.24, 2.45) is 0 Å². The van der Waals surface area contributed by atoms with E-state index in [0.717, 1.165) is 0 Å². The Labute approximate surface area is 849 Å². The minimum Gasteiger partial charge on any atom is -0.439 e. The van der Waals surface area contributed by atoms with E-state index >= 15 is 0 Å². The molecule has 0 spiro atoms. The van der Waals surface area contributed by atoms with Crippen LogP contribution in [0.5, 0.6) is 0 Å². The van der Waals surface area contributed by atoms with Crippen LogP contribution < -0.4 is 0 Å². The van der Waals surface area contributed by atoms with Gasteiger partial charge in [0.05, 0.1) is 0 Å². The Hall–Kier alpha value is 7.47. The van der Waals surface area contributed by atoms with Gasteiger partial charge in [-0.05, 0) is 301 Å². The molecule has 41 nitrogen and oxygen atoms in total. The lowest BCUT2D eigenvalue weighted by Gasteiger charge is -2.28. The summed E-state index contributed by atoms with van der Waals surface area (Å²) in [6.45, 7) is 93.6. The third-order valence-corrected chi connectivity index (χ3v) is 144. The predicted octanol–water partition coefficient (Wildman–Crippen LogP) is -2.65. The average molecular weight is 2570 g/mol. The third kappa shape index (κ3) is 80.2. The van der Waals surface area contributed by atoms with E-state index < -0.39 is 388 Å². The molecule has 0 heterocycles. The number of rotatable bonds is 82. The van der Waals surface area contributed by atoms with Crippen LogP contribution in [-0.2, 0) is 169 Å². The standard InChI is InChI=1S/C46H178O41Si42/c1-88(48-90(3)50-92(5)52-94(7)54-96(9)56-98(11)58-100(13)60-102(15)62-104(17)64-106(19)66-108(21)68-110(23)70-112(25)72-114(27)74-116(29)76-118(31)78-120(33)80-122(35)82-124(37)84-126(39)86-128(41,42)43)47-89(2)49-91(4)51-93(6)53-95(8)55-97(10)57-99(12)59-101(14)61-103(16)63-105(18)65-107(20)67-109(22)69-111(24)71-113(26)73-115(28)75-117(30)77-119(32)79-121(34)81-123(36)83-125(38)85-127(40)87-129(44,45)46/h88-127H,1-46H3. The van der Waals surface area contributed by atoms with Crippen LogP contribution >= 0.6 is 0 Å². The first-order valence-electron chi connectivity index (χ1n) is 45.4. The van der Waals surface area contributed by atoms with E-state index in [2.05, 4.69) is 52.4 Å². The van der Waals surface area contributed by atoms with Gasteiger partial charge in [0.1, 0.15) is 0 Å². The highest BCUT2D eigenvalue weighted by Crippen LogP contribution is 2.17. The summed E-state index contributed by atoms with van der Waals surface area (Å²) in [5.74, 6) is 0. The molecule has 776 valence electrons. The zero-order chi connectivity index (χ0) is 99.1. The Kier molecular flexibility index (Phi) is 79.6. The third-order valence-electron chi connectivity index (χ3n) is 16.0. The molecule has 83 heteroatoms. The van der Waals surface area contributed by atoms with Gasteiger partial charge in [0.2, 0.25) is 0 Å². The van der Waals surface area contributed by atoms with Crippen molar-refractivity contribution in [3.63, 3.8) is 0 Å². The first-order chi connectivity index (χ1) is 59.5. The van der Waals surface area contributed by atoms with E-state index in [1.807, 2.05) is 249 Å². The van der Waals surface area contributed by atoms with Gasteiger partial charge < -0.3 is 169 Å². The molecule has 0 fully saturated rings. The minimum absolute atomic E-state index is 1.64. The molecule has 40 atom stereocenters. The van der Waals surface area contributed by atoms with Crippen LogP contribution in [0.1, 0.15) is 0 Å². The summed E-state index contributed by atoms with van der Waals surface area (Å²) in [5, 5.41) is 0. The highest BCUT2D eigenvalue weighted by Gasteiger charge is 2.36. The van der Waals surface area contributed by atoms with Gasteiger partial charge in [-0.15, -0.1) is 0 Å². The molecule has 0 aromatic heterocycles. The predicted molar refractivity (Wildman–Crippen MR) is 612 cm³/mol. The molecule has 0 aromatic rings. The topological polar surface area (TPSA) is 378 Å². The van der Waals surface area contributed by atoms with Crippen LogP contribution in [0, 0.1) is 0 Å². The fourth-order valence-electron chi connectivity index (χ4n) is 12.8. The second-order valence-corrected chi connectivity index (χ2v) is 131. The van der Waals surface area contributed by atoms with E-state index in [1.165, 1.54) is 0 Å². The van der Waals surface area contributed by atoms with Gasteiger partial charge in [0, 0.05) is 0 Å². The second kappa shape index (κ2) is 75.2. The lowest BCUT2D eigenvalue weighted by atomic mass is 11.8. The van der Waals surface area contributed by atoms with Crippen LogP contribution in [0.15, 0.2) is 0 Å². The zero-order valence-corrected chi connectivity index (χ0v) is 135. The maximum absolute atomic E-state index is 6.35. The Balaban J connectivity index is 4.57. The van der Waals surface area contributed by atoms with E-state index in [0.29, 0.717) is 0 Å². The van der Waals surface area contributed by atoms with Gasteiger partial charge in [-0.2, -0.15) is 0 Å². The van der Waals surface area contributed by atoms with Gasteiger partial charge in [0.25, 0.3) is 371 Å². The minimum atomic E-state index is -2.07. The molecule has 0 aliphatic carbocycles. The van der Waals surface area contributed by atoms with E-state index in [9.17, 15) is 0 Å². The highest BCUT2D eigenvalue weighted by molar-refractivity contribution is 6.82. The molecule has 0 aliphatic heterocycles. The molecule has 0 aliphatic rings. The number of hydrogen-bond acceptors (Lipinski definition) is 41. The van der Waals surface area contributed by atoms with Crippen molar-refractivity contribution in [1.29, 1.82) is 0 Å². The van der Waals surface area contributed by atoms with Crippen molar-refractivity contribution >= 4 is 388 Å². The highest BCUT2D eigenvalue weighted by atomic mass is 28.5. The Morgan fingerprint density at radius 1 is 0.0775 bits per heavy atom. The van der Waals surface area contributed by atoms with Crippen LogP contribution in [0.3, 0.4) is 0 Å². The number of hydrogen-bond donors (Lipinski definition) is 0. The van der Waals surface area contributed by atoms with Crippen molar-refractivity contribution < 1.29 is 169 Å². The van der Waals surface area contributed by atoms with Gasteiger partial charge in [0.15, 0.2) is 16.6 Å². The molecule has 0 amide bonds. The van der Waals surface area contributed by atoms with Crippen molar-refractivity contribution in [2.45, 2.75) is 301 Å². The zero-order valence-electron chi connectivity index (χ0n) is 86.8. The molecule has 40 unspecified atom stereocenters. The summed E-state index contributed by atoms with van der Waals surface area (Å²) in [6, 6.07) is 0. The van der Waals surface area contributed by atoms with Crippen LogP contribution in [0.4, 0.5) is 0 Å². The first kappa shape index (κ1) is 136. The van der Waals surface area contributed by atoms with Crippen LogP contribution in [-0.4, -0.2) is 388 Å². The van der Waals surface area contributed by atoms with Crippen molar-refractivity contribution in [1.82, 2.24) is 0 Å². The fraction of sp³-hybridized carbons (Fsp3) is 1.00. The van der Waals surface area contributed by atoms with Crippen LogP contribution in [0.25, 0.3) is 0 Å². The van der Waals surface area contributed by atoms with Gasteiger partial charge >= 0.3 is 0 Å². The maximum Gasteiger partial charge on any atom is 0.300 e. The lowest BCUT2D eigenvalue weighted by molar-refractivity contribution is 0.296. The van der Waals surface area contributed by atoms with Gasteiger partial charge in [-0.1, -0.05) is 0 Å². The van der Waals surface area contributed by atoms with Crippen molar-refractivity contribution in [2.75, 3.05) is 0 Å². The van der Waals surface area contributed by atoms with Crippen LogP contribution in [0.2, 0.25) is 301 Å². The second-order valence-electron chi connectivity index (χ2n) is 32.5. The Morgan fingerprint density at radius 2 is 0.116 bits per heavy atom. The molecule has 0 saturated carbocycles. The summed E-state index contributed by atoms with van der Waals surface area (Å²) in [5.41, 5.74) is 0. The molecule has 0 N–H and O–H groups in total.